The molecule has 3 nitrogen and oxygen atoms in total. The van der Waals surface area contributed by atoms with Gasteiger partial charge >= 0.3 is 0 Å². The van der Waals surface area contributed by atoms with Crippen LogP contribution in [0.25, 0.3) is 0 Å². The second-order valence-corrected chi connectivity index (χ2v) is 6.01. The summed E-state index contributed by atoms with van der Waals surface area (Å²) in [7, 11) is 0. The van der Waals surface area contributed by atoms with Crippen molar-refractivity contribution in [2.45, 2.75) is 38.8 Å². The minimum Gasteiger partial charge on any atom is -0.493 e. The van der Waals surface area contributed by atoms with E-state index in [9.17, 15) is 5.11 Å². The number of aliphatic hydroxyl groups excluding tert-OH is 1. The van der Waals surface area contributed by atoms with Crippen LogP contribution in [0.5, 0.6) is 5.75 Å². The van der Waals surface area contributed by atoms with Gasteiger partial charge in [-0.3, -0.25) is 0 Å². The van der Waals surface area contributed by atoms with Crippen LogP contribution in [0.2, 0.25) is 5.02 Å². The van der Waals surface area contributed by atoms with Gasteiger partial charge in [0.15, 0.2) is 0 Å². The van der Waals surface area contributed by atoms with Crippen molar-refractivity contribution < 1.29 is 9.84 Å². The first-order valence-corrected chi connectivity index (χ1v) is 7.83. The predicted molar refractivity (Wildman–Crippen MR) is 84.1 cm³/mol. The molecule has 0 bridgehead atoms. The van der Waals surface area contributed by atoms with E-state index in [0.717, 1.165) is 47.8 Å². The van der Waals surface area contributed by atoms with E-state index in [0.29, 0.717) is 6.54 Å². The monoisotopic (exact) mass is 305 g/mol. The topological polar surface area (TPSA) is 34.4 Å². The maximum absolute atomic E-state index is 10.0. The second kappa shape index (κ2) is 6.12. The predicted octanol–water partition coefficient (Wildman–Crippen LogP) is 3.96. The summed E-state index contributed by atoms with van der Waals surface area (Å²) in [4.78, 5) is 0. The number of ether oxygens (including phenoxy) is 1. The van der Waals surface area contributed by atoms with Crippen molar-refractivity contribution in [3.63, 3.8) is 0 Å². The normalized spacial score (nSPS) is 14.8. The summed E-state index contributed by atoms with van der Waals surface area (Å²) >= 11 is 6.19. The van der Waals surface area contributed by atoms with Gasteiger partial charge in [-0.1, -0.05) is 24.9 Å². The number of rotatable bonds is 5. The number of fused-ring (bicyclic) bond motifs is 1. The molecule has 4 heteroatoms. The number of nitrogens with zero attached hydrogens (tertiary/aromatic N) is 1. The molecule has 112 valence electrons. The molecule has 0 spiro atoms. The highest BCUT2D eigenvalue weighted by atomic mass is 35.5. The van der Waals surface area contributed by atoms with E-state index in [1.54, 1.807) is 0 Å². The van der Waals surface area contributed by atoms with Crippen LogP contribution in [-0.4, -0.2) is 16.3 Å². The molecule has 1 aromatic heterocycles. The molecule has 0 saturated carbocycles. The van der Waals surface area contributed by atoms with Gasteiger partial charge in [0.25, 0.3) is 0 Å². The van der Waals surface area contributed by atoms with Crippen LogP contribution in [0.4, 0.5) is 0 Å². The zero-order valence-corrected chi connectivity index (χ0v) is 12.9. The molecule has 1 aliphatic heterocycles. The maximum atomic E-state index is 10.0. The quantitative estimate of drug-likeness (QED) is 0.907. The third-order valence-corrected chi connectivity index (χ3v) is 4.12. The Morgan fingerprint density at radius 2 is 2.29 bits per heavy atom. The Morgan fingerprint density at radius 3 is 3.10 bits per heavy atom. The van der Waals surface area contributed by atoms with E-state index >= 15 is 0 Å². The molecule has 1 aromatic carbocycles. The molecule has 2 heterocycles. The van der Waals surface area contributed by atoms with Crippen LogP contribution in [-0.2, 0) is 13.0 Å². The fraction of sp³-hybridized carbons (Fsp3) is 0.412. The SMILES string of the molecule is CCCC(O)c1ccn(Cc2cc(Cl)cc3c2OCC3)c1. The number of halogens is 1. The van der Waals surface area contributed by atoms with E-state index < -0.39 is 0 Å². The van der Waals surface area contributed by atoms with Gasteiger partial charge in [0.1, 0.15) is 5.75 Å². The van der Waals surface area contributed by atoms with Gasteiger partial charge in [0.2, 0.25) is 0 Å². The zero-order valence-electron chi connectivity index (χ0n) is 12.2. The Hall–Kier alpha value is -1.45. The Bertz CT molecular complexity index is 636. The summed E-state index contributed by atoms with van der Waals surface area (Å²) in [5.74, 6) is 0.976. The van der Waals surface area contributed by atoms with Gasteiger partial charge in [-0.15, -0.1) is 0 Å². The third kappa shape index (κ3) is 3.09. The lowest BCUT2D eigenvalue weighted by Gasteiger charge is -2.10. The molecule has 1 N–H and O–H groups in total. The molecular weight excluding hydrogens is 286 g/mol. The molecule has 0 aliphatic carbocycles. The summed E-state index contributed by atoms with van der Waals surface area (Å²) in [6.07, 6.45) is 6.31. The highest BCUT2D eigenvalue weighted by Gasteiger charge is 2.18. The van der Waals surface area contributed by atoms with Crippen LogP contribution in [0, 0.1) is 0 Å². The molecule has 2 aromatic rings. The summed E-state index contributed by atoms with van der Waals surface area (Å²) in [6.45, 7) is 3.52. The fourth-order valence-corrected chi connectivity index (χ4v) is 3.12. The highest BCUT2D eigenvalue weighted by Crippen LogP contribution is 2.33. The summed E-state index contributed by atoms with van der Waals surface area (Å²) in [5, 5.41) is 10.8. The van der Waals surface area contributed by atoms with Gasteiger partial charge in [-0.2, -0.15) is 0 Å². The number of aliphatic hydroxyl groups is 1. The Labute approximate surface area is 130 Å². The first-order chi connectivity index (χ1) is 10.2. The van der Waals surface area contributed by atoms with Crippen molar-refractivity contribution in [3.8, 4) is 5.75 Å². The summed E-state index contributed by atoms with van der Waals surface area (Å²) < 4.78 is 7.80. The Kier molecular flexibility index (Phi) is 4.22. The minimum absolute atomic E-state index is 0.377. The van der Waals surface area contributed by atoms with Crippen LogP contribution in [0.3, 0.4) is 0 Å². The molecule has 3 rings (SSSR count). The van der Waals surface area contributed by atoms with Gasteiger partial charge in [-0.25, -0.2) is 0 Å². The standard InChI is InChI=1S/C17H20ClNO2/c1-2-3-16(20)13-4-6-19(10-13)11-14-9-15(18)8-12-5-7-21-17(12)14/h4,6,8-10,16,20H,2-3,5,7,11H2,1H3. The molecule has 0 saturated heterocycles. The minimum atomic E-state index is -0.377. The van der Waals surface area contributed by atoms with E-state index in [-0.39, 0.29) is 6.10 Å². The van der Waals surface area contributed by atoms with Crippen LogP contribution < -0.4 is 4.74 Å². The Morgan fingerprint density at radius 1 is 1.43 bits per heavy atom. The van der Waals surface area contributed by atoms with Crippen molar-refractivity contribution in [1.82, 2.24) is 4.57 Å². The molecule has 21 heavy (non-hydrogen) atoms. The van der Waals surface area contributed by atoms with Crippen molar-refractivity contribution in [1.29, 1.82) is 0 Å². The molecule has 0 radical (unpaired) electrons. The average molecular weight is 306 g/mol. The van der Waals surface area contributed by atoms with Crippen molar-refractivity contribution >= 4 is 11.6 Å². The first kappa shape index (κ1) is 14.5. The lowest BCUT2D eigenvalue weighted by atomic mass is 10.1. The van der Waals surface area contributed by atoms with Crippen LogP contribution in [0.1, 0.15) is 42.6 Å². The molecule has 0 fully saturated rings. The van der Waals surface area contributed by atoms with Crippen molar-refractivity contribution in [2.24, 2.45) is 0 Å². The number of aromatic nitrogens is 1. The van der Waals surface area contributed by atoms with Crippen LogP contribution in [0.15, 0.2) is 30.6 Å². The molecule has 0 amide bonds. The highest BCUT2D eigenvalue weighted by molar-refractivity contribution is 6.30. The van der Waals surface area contributed by atoms with E-state index in [2.05, 4.69) is 11.5 Å². The van der Waals surface area contributed by atoms with Crippen LogP contribution >= 0.6 is 11.6 Å². The smallest absolute Gasteiger partial charge is 0.127 e. The average Bonchev–Trinajstić information content (AvgIpc) is 3.07. The Balaban J connectivity index is 1.81. The van der Waals surface area contributed by atoms with E-state index in [1.165, 1.54) is 5.56 Å². The zero-order chi connectivity index (χ0) is 14.8. The number of hydrogen-bond donors (Lipinski definition) is 1. The molecule has 1 atom stereocenters. The van der Waals surface area contributed by atoms with E-state index in [1.807, 2.05) is 30.6 Å². The second-order valence-electron chi connectivity index (χ2n) is 5.57. The van der Waals surface area contributed by atoms with Gasteiger partial charge in [0, 0.05) is 29.4 Å². The fourth-order valence-electron chi connectivity index (χ4n) is 2.86. The number of benzene rings is 1. The van der Waals surface area contributed by atoms with Gasteiger partial charge in [0.05, 0.1) is 19.3 Å². The first-order valence-electron chi connectivity index (χ1n) is 7.45. The van der Waals surface area contributed by atoms with Gasteiger partial charge < -0.3 is 14.4 Å². The third-order valence-electron chi connectivity index (χ3n) is 3.90. The molecule has 1 aliphatic rings. The lowest BCUT2D eigenvalue weighted by molar-refractivity contribution is 0.166. The number of hydrogen-bond acceptors (Lipinski definition) is 2. The summed E-state index contributed by atoms with van der Waals surface area (Å²) in [6, 6.07) is 5.93. The maximum Gasteiger partial charge on any atom is 0.127 e. The lowest BCUT2D eigenvalue weighted by Crippen LogP contribution is -2.00. The van der Waals surface area contributed by atoms with E-state index in [4.69, 9.17) is 16.3 Å². The summed E-state index contributed by atoms with van der Waals surface area (Å²) in [5.41, 5.74) is 3.26. The van der Waals surface area contributed by atoms with Crippen molar-refractivity contribution in [2.75, 3.05) is 6.61 Å². The van der Waals surface area contributed by atoms with Crippen molar-refractivity contribution in [3.05, 3.63) is 52.3 Å². The molecular formula is C17H20ClNO2. The largest absolute Gasteiger partial charge is 0.493 e. The molecule has 1 unspecified atom stereocenters. The van der Waals surface area contributed by atoms with Gasteiger partial charge in [-0.05, 0) is 35.7 Å².